The first-order chi connectivity index (χ1) is 14.1. The van der Waals surface area contributed by atoms with Gasteiger partial charge in [-0.2, -0.15) is 0 Å². The number of aromatic nitrogens is 3. The smallest absolute Gasteiger partial charge is 0.410 e. The highest BCUT2D eigenvalue weighted by Gasteiger charge is 2.56. The summed E-state index contributed by atoms with van der Waals surface area (Å²) in [6.45, 7) is 6.60. The summed E-state index contributed by atoms with van der Waals surface area (Å²) in [5, 5.41) is 12.3. The lowest BCUT2D eigenvalue weighted by molar-refractivity contribution is -0.140. The Labute approximate surface area is 175 Å². The quantitative estimate of drug-likeness (QED) is 0.811. The molecule has 2 aromatic rings. The first kappa shape index (κ1) is 20.8. The average molecular weight is 415 g/mol. The zero-order valence-electron chi connectivity index (χ0n) is 17.9. The number of piperidine rings is 1. The van der Waals surface area contributed by atoms with Crippen LogP contribution in [0.2, 0.25) is 0 Å². The van der Waals surface area contributed by atoms with E-state index in [1.54, 1.807) is 21.7 Å². The second-order valence-corrected chi connectivity index (χ2v) is 9.74. The molecular weight excluding hydrogens is 384 g/mol. The van der Waals surface area contributed by atoms with Gasteiger partial charge in [0.25, 0.3) is 5.56 Å². The Hall–Kier alpha value is -2.48. The molecule has 162 valence electrons. The number of nitrogens with zero attached hydrogens (tertiary/aromatic N) is 4. The molecule has 2 fully saturated rings. The van der Waals surface area contributed by atoms with Crippen molar-refractivity contribution >= 4 is 17.0 Å². The Morgan fingerprint density at radius 2 is 2.00 bits per heavy atom. The predicted molar refractivity (Wildman–Crippen MR) is 112 cm³/mol. The van der Waals surface area contributed by atoms with Crippen LogP contribution in [0, 0.1) is 5.41 Å². The summed E-state index contributed by atoms with van der Waals surface area (Å²) in [4.78, 5) is 35.5. The van der Waals surface area contributed by atoms with Crippen LogP contribution in [0.5, 0.6) is 0 Å². The monoisotopic (exact) mass is 414 g/mol. The lowest BCUT2D eigenvalue weighted by Crippen LogP contribution is -2.62. The predicted octanol–water partition coefficient (Wildman–Crippen LogP) is 2.72. The Morgan fingerprint density at radius 3 is 2.70 bits per heavy atom. The molecule has 0 bridgehead atoms. The molecule has 1 amide bonds. The second-order valence-electron chi connectivity index (χ2n) is 9.74. The minimum Gasteiger partial charge on any atom is -0.444 e. The molecule has 1 aliphatic heterocycles. The first-order valence-corrected chi connectivity index (χ1v) is 10.6. The molecule has 1 aliphatic carbocycles. The number of hydrogen-bond donors (Lipinski definition) is 1. The van der Waals surface area contributed by atoms with Crippen molar-refractivity contribution in [2.24, 2.45) is 5.41 Å². The maximum Gasteiger partial charge on any atom is 0.410 e. The van der Waals surface area contributed by atoms with Gasteiger partial charge in [-0.05, 0) is 46.1 Å². The highest BCUT2D eigenvalue weighted by molar-refractivity contribution is 5.75. The largest absolute Gasteiger partial charge is 0.444 e. The van der Waals surface area contributed by atoms with Crippen LogP contribution in [0.15, 0.2) is 29.6 Å². The highest BCUT2D eigenvalue weighted by Crippen LogP contribution is 2.51. The second kappa shape index (κ2) is 7.34. The number of ether oxygens (including phenoxy) is 1. The lowest BCUT2D eigenvalue weighted by Gasteiger charge is -2.52. The van der Waals surface area contributed by atoms with Gasteiger partial charge in [0.15, 0.2) is 0 Å². The van der Waals surface area contributed by atoms with Crippen molar-refractivity contribution in [1.29, 1.82) is 0 Å². The number of carbonyl (C=O) groups excluding carboxylic acids is 1. The third kappa shape index (κ3) is 3.69. The van der Waals surface area contributed by atoms with Crippen molar-refractivity contribution < 1.29 is 14.6 Å². The number of rotatable bonds is 2. The first-order valence-electron chi connectivity index (χ1n) is 10.6. The third-order valence-corrected chi connectivity index (χ3v) is 6.57. The summed E-state index contributed by atoms with van der Waals surface area (Å²) in [6.07, 6.45) is 8.36. The average Bonchev–Trinajstić information content (AvgIpc) is 3.15. The zero-order valence-corrected chi connectivity index (χ0v) is 17.9. The standard InChI is InChI=1S/C22H30N4O4/c1-20(2,3)30-19(28)26-11-9-22(29,21(13-26)7-4-5-8-21)14-25-10-6-17-16(18(25)27)12-23-15-24-17/h6,10,12,15,29H,4-5,7-9,11,13-14H2,1-3H3. The lowest BCUT2D eigenvalue weighted by atomic mass is 9.66. The number of fused-ring (bicyclic) bond motifs is 1. The van der Waals surface area contributed by atoms with Gasteiger partial charge in [0.2, 0.25) is 0 Å². The SMILES string of the molecule is CC(C)(C)OC(=O)N1CCC(O)(Cn2ccc3ncncc3c2=O)C2(CCCC2)C1. The van der Waals surface area contributed by atoms with Crippen LogP contribution < -0.4 is 5.56 Å². The van der Waals surface area contributed by atoms with Crippen molar-refractivity contribution in [2.75, 3.05) is 13.1 Å². The molecule has 1 unspecified atom stereocenters. The van der Waals surface area contributed by atoms with Gasteiger partial charge in [0.1, 0.15) is 11.9 Å². The van der Waals surface area contributed by atoms with Crippen LogP contribution in [0.25, 0.3) is 10.9 Å². The molecule has 0 radical (unpaired) electrons. The fourth-order valence-corrected chi connectivity index (χ4v) is 5.01. The zero-order chi connectivity index (χ0) is 21.6. The van der Waals surface area contributed by atoms with Gasteiger partial charge >= 0.3 is 6.09 Å². The highest BCUT2D eigenvalue weighted by atomic mass is 16.6. The molecule has 8 nitrogen and oxygen atoms in total. The van der Waals surface area contributed by atoms with Crippen LogP contribution in [-0.2, 0) is 11.3 Å². The maximum absolute atomic E-state index is 13.0. The summed E-state index contributed by atoms with van der Waals surface area (Å²) >= 11 is 0. The van der Waals surface area contributed by atoms with Gasteiger partial charge in [-0.1, -0.05) is 12.8 Å². The van der Waals surface area contributed by atoms with Crippen LogP contribution >= 0.6 is 0 Å². The van der Waals surface area contributed by atoms with E-state index in [2.05, 4.69) is 9.97 Å². The molecular formula is C22H30N4O4. The van der Waals surface area contributed by atoms with Crippen molar-refractivity contribution in [2.45, 2.75) is 70.6 Å². The molecule has 2 aromatic heterocycles. The number of amides is 1. The molecule has 30 heavy (non-hydrogen) atoms. The van der Waals surface area contributed by atoms with Gasteiger partial charge < -0.3 is 19.3 Å². The summed E-state index contributed by atoms with van der Waals surface area (Å²) in [7, 11) is 0. The maximum atomic E-state index is 13.0. The summed E-state index contributed by atoms with van der Waals surface area (Å²) in [5.41, 5.74) is -1.69. The van der Waals surface area contributed by atoms with Gasteiger partial charge in [-0.15, -0.1) is 0 Å². The fraction of sp³-hybridized carbons (Fsp3) is 0.636. The van der Waals surface area contributed by atoms with Crippen molar-refractivity contribution in [3.05, 3.63) is 35.1 Å². The van der Waals surface area contributed by atoms with Crippen LogP contribution in [0.3, 0.4) is 0 Å². The molecule has 1 saturated heterocycles. The Balaban J connectivity index is 1.62. The third-order valence-electron chi connectivity index (χ3n) is 6.57. The Bertz CT molecular complexity index is 1010. The van der Waals surface area contributed by atoms with Crippen molar-refractivity contribution in [3.8, 4) is 0 Å². The van der Waals surface area contributed by atoms with Crippen molar-refractivity contribution in [3.63, 3.8) is 0 Å². The molecule has 1 spiro atoms. The Morgan fingerprint density at radius 1 is 1.27 bits per heavy atom. The number of pyridine rings is 1. The number of hydrogen-bond acceptors (Lipinski definition) is 6. The van der Waals surface area contributed by atoms with E-state index in [0.717, 1.165) is 25.7 Å². The van der Waals surface area contributed by atoms with Gasteiger partial charge in [-0.25, -0.2) is 14.8 Å². The van der Waals surface area contributed by atoms with Gasteiger partial charge in [0.05, 0.1) is 23.0 Å². The van der Waals surface area contributed by atoms with Crippen LogP contribution in [0.1, 0.15) is 52.9 Å². The van der Waals surface area contributed by atoms with E-state index in [0.29, 0.717) is 30.4 Å². The van der Waals surface area contributed by atoms with E-state index in [1.807, 2.05) is 20.8 Å². The topological polar surface area (TPSA) is 97.6 Å². The number of carbonyl (C=O) groups is 1. The molecule has 3 heterocycles. The van der Waals surface area contributed by atoms with E-state index in [9.17, 15) is 14.7 Å². The van der Waals surface area contributed by atoms with Gasteiger partial charge in [-0.3, -0.25) is 4.79 Å². The molecule has 1 N–H and O–H groups in total. The molecule has 2 aliphatic rings. The summed E-state index contributed by atoms with van der Waals surface area (Å²) < 4.78 is 7.13. The van der Waals surface area contributed by atoms with E-state index in [-0.39, 0.29) is 18.2 Å². The minimum atomic E-state index is -1.07. The number of likely N-dealkylation sites (tertiary alicyclic amines) is 1. The van der Waals surface area contributed by atoms with Gasteiger partial charge in [0, 0.05) is 30.9 Å². The van der Waals surface area contributed by atoms with Crippen molar-refractivity contribution in [1.82, 2.24) is 19.4 Å². The molecule has 8 heteroatoms. The molecule has 1 atom stereocenters. The number of aliphatic hydroxyl groups is 1. The van der Waals surface area contributed by atoms with E-state index >= 15 is 0 Å². The fourth-order valence-electron chi connectivity index (χ4n) is 5.01. The Kier molecular flexibility index (Phi) is 5.08. The van der Waals surface area contributed by atoms with E-state index in [4.69, 9.17) is 4.74 Å². The van der Waals surface area contributed by atoms with Crippen LogP contribution in [0.4, 0.5) is 4.79 Å². The summed E-state index contributed by atoms with van der Waals surface area (Å²) in [5.74, 6) is 0. The van der Waals surface area contributed by atoms with E-state index in [1.165, 1.54) is 12.5 Å². The van der Waals surface area contributed by atoms with Crippen LogP contribution in [-0.4, -0.2) is 54.9 Å². The molecule has 1 saturated carbocycles. The molecule has 0 aromatic carbocycles. The normalized spacial score (nSPS) is 23.8. The summed E-state index contributed by atoms with van der Waals surface area (Å²) in [6, 6.07) is 1.78. The molecule has 4 rings (SSSR count). The minimum absolute atomic E-state index is 0.193. The van der Waals surface area contributed by atoms with E-state index < -0.39 is 16.6 Å².